The monoisotopic (exact) mass is 1010 g/mol. The van der Waals surface area contributed by atoms with Crippen LogP contribution in [-0.2, 0) is 22.4 Å². The van der Waals surface area contributed by atoms with Crippen molar-refractivity contribution in [2.75, 3.05) is 0 Å². The van der Waals surface area contributed by atoms with Crippen LogP contribution in [-0.4, -0.2) is 46.7 Å². The Bertz CT molecular complexity index is 2560. The topological polar surface area (TPSA) is 231 Å². The van der Waals surface area contributed by atoms with Crippen molar-refractivity contribution >= 4 is 111 Å². The van der Waals surface area contributed by atoms with E-state index >= 15 is 0 Å². The molecule has 64 heavy (non-hydrogen) atoms. The van der Waals surface area contributed by atoms with Crippen LogP contribution in [0.1, 0.15) is 52.6 Å². The van der Waals surface area contributed by atoms with Crippen LogP contribution in [0.25, 0.3) is 22.3 Å². The molecular formula is C42H26Cl6N2O13S. The van der Waals surface area contributed by atoms with E-state index in [9.17, 15) is 44.5 Å². The molecule has 0 aliphatic rings. The zero-order valence-electron chi connectivity index (χ0n) is 31.9. The normalized spacial score (nSPS) is 10.4. The molecule has 2 N–H and O–H groups in total. The van der Waals surface area contributed by atoms with E-state index in [0.29, 0.717) is 11.1 Å². The molecule has 0 bridgehead atoms. The van der Waals surface area contributed by atoms with Gasteiger partial charge in [0.2, 0.25) is 20.7 Å². The summed E-state index contributed by atoms with van der Waals surface area (Å²) in [5.74, 6) is -3.31. The highest BCUT2D eigenvalue weighted by Crippen LogP contribution is 2.47. The predicted molar refractivity (Wildman–Crippen MR) is 243 cm³/mol. The quantitative estimate of drug-likeness (QED) is 0.0588. The van der Waals surface area contributed by atoms with Gasteiger partial charge in [-0.2, -0.15) is 0 Å². The van der Waals surface area contributed by atoms with Crippen molar-refractivity contribution in [1.29, 1.82) is 0 Å². The van der Waals surface area contributed by atoms with Crippen LogP contribution < -0.4 is 9.47 Å². The summed E-state index contributed by atoms with van der Waals surface area (Å²) in [6, 6.07) is 31.0. The Hall–Kier alpha value is -6.11. The summed E-state index contributed by atoms with van der Waals surface area (Å²) < 4.78 is 20.3. The standard InChI is InChI=1S/C21H12Cl3NO5.C21H14ClNO7.Cl2OS/c22-16-10-15(21(24)27)19(30-11-12-4-2-1-3-5-12)18(25(28)29)17(16)13-6-8-14(9-7-13)20(23)26;22-16-10-15(21(26)27)19(30-11-12-4-2-1-3-5-12)18(23(28)29)17(16)13-6-8-14(9-7-13)20(24)25;1-4(2)3/h1-10H,11H2;1-10H,11H2,(H,24,25)(H,26,27);. The van der Waals surface area contributed by atoms with E-state index in [1.54, 1.807) is 54.6 Å². The zero-order chi connectivity index (χ0) is 47.2. The molecule has 0 aliphatic carbocycles. The van der Waals surface area contributed by atoms with Crippen LogP contribution >= 0.6 is 67.8 Å². The molecule has 0 radical (unpaired) electrons. The molecule has 0 aromatic heterocycles. The van der Waals surface area contributed by atoms with Crippen molar-refractivity contribution in [2.24, 2.45) is 0 Å². The largest absolute Gasteiger partial charge is 0.481 e. The number of nitrogens with zero attached hydrogens (tertiary/aromatic N) is 2. The lowest BCUT2D eigenvalue weighted by Gasteiger charge is -2.14. The van der Waals surface area contributed by atoms with Gasteiger partial charge in [0.25, 0.3) is 10.5 Å². The number of carboxylic acids is 2. The van der Waals surface area contributed by atoms with Gasteiger partial charge in [-0.05, 0) is 81.9 Å². The van der Waals surface area contributed by atoms with E-state index in [-0.39, 0.29) is 62.4 Å². The molecule has 0 fully saturated rings. The lowest BCUT2D eigenvalue weighted by atomic mass is 9.99. The van der Waals surface area contributed by atoms with Gasteiger partial charge in [-0.25, -0.2) is 13.8 Å². The third-order valence-corrected chi connectivity index (χ3v) is 9.51. The van der Waals surface area contributed by atoms with E-state index in [2.05, 4.69) is 21.4 Å². The molecule has 0 atom stereocenters. The minimum absolute atomic E-state index is 0.0137. The number of carboxylic acid groups (broad SMARTS) is 2. The van der Waals surface area contributed by atoms with Crippen molar-refractivity contribution in [3.8, 4) is 33.8 Å². The van der Waals surface area contributed by atoms with Crippen LogP contribution in [0.2, 0.25) is 10.0 Å². The van der Waals surface area contributed by atoms with E-state index < -0.39 is 64.2 Å². The van der Waals surface area contributed by atoms with Gasteiger partial charge >= 0.3 is 23.3 Å². The van der Waals surface area contributed by atoms with Crippen LogP contribution in [0.4, 0.5) is 11.4 Å². The van der Waals surface area contributed by atoms with Crippen LogP contribution in [0.15, 0.2) is 121 Å². The van der Waals surface area contributed by atoms with E-state index in [1.807, 2.05) is 6.07 Å². The second-order valence-corrected chi connectivity index (χ2v) is 16.5. The molecule has 6 aromatic carbocycles. The lowest BCUT2D eigenvalue weighted by molar-refractivity contribution is -0.385. The van der Waals surface area contributed by atoms with Crippen LogP contribution in [0, 0.1) is 20.2 Å². The zero-order valence-corrected chi connectivity index (χ0v) is 37.3. The van der Waals surface area contributed by atoms with Crippen molar-refractivity contribution < 1.29 is 52.9 Å². The smallest absolute Gasteiger partial charge is 0.339 e. The molecule has 0 saturated heterocycles. The molecule has 0 heterocycles. The summed E-state index contributed by atoms with van der Waals surface area (Å²) >= 11 is 23.6. The maximum Gasteiger partial charge on any atom is 0.339 e. The first-order valence-electron chi connectivity index (χ1n) is 17.5. The molecule has 0 amide bonds. The first-order valence-corrected chi connectivity index (χ1v) is 21.8. The number of carbonyl (C=O) groups excluding carboxylic acids is 2. The second-order valence-electron chi connectivity index (χ2n) is 12.5. The van der Waals surface area contributed by atoms with Gasteiger partial charge in [0, 0.05) is 26.9 Å². The summed E-state index contributed by atoms with van der Waals surface area (Å²) in [6.07, 6.45) is 0. The number of nitro groups is 2. The van der Waals surface area contributed by atoms with E-state index in [4.69, 9.17) is 65.2 Å². The fraction of sp³-hybridized carbons (Fsp3) is 0.0476. The first kappa shape index (κ1) is 50.5. The minimum Gasteiger partial charge on any atom is -0.481 e. The average Bonchev–Trinajstić information content (AvgIpc) is 3.25. The molecule has 0 unspecified atom stereocenters. The SMILES string of the molecule is O=C(Cl)c1ccc(-c2c(Cl)cc(C(=O)Cl)c(OCc3ccccc3)c2[N+](=O)[O-])cc1.O=C(O)c1ccc(-c2c(Cl)cc(C(=O)O)c(OCc3ccccc3)c2[N+](=O)[O-])cc1.O=S(Cl)Cl. The van der Waals surface area contributed by atoms with Crippen molar-refractivity contribution in [3.63, 3.8) is 0 Å². The summed E-state index contributed by atoms with van der Waals surface area (Å²) in [5.41, 5.74) is 0.385. The minimum atomic E-state index is -1.67. The third kappa shape index (κ3) is 13.5. The van der Waals surface area contributed by atoms with Gasteiger partial charge < -0.3 is 19.7 Å². The van der Waals surface area contributed by atoms with Crippen LogP contribution in [0.5, 0.6) is 11.5 Å². The maximum absolute atomic E-state index is 12.0. The van der Waals surface area contributed by atoms with Gasteiger partial charge in [-0.3, -0.25) is 29.8 Å². The maximum atomic E-state index is 12.0. The first-order chi connectivity index (χ1) is 30.3. The Labute approximate surface area is 393 Å². The highest BCUT2D eigenvalue weighted by Gasteiger charge is 2.33. The number of halogens is 6. The van der Waals surface area contributed by atoms with Crippen molar-refractivity contribution in [2.45, 2.75) is 13.2 Å². The molecule has 6 aromatic rings. The number of nitro benzene ring substituents is 2. The molecule has 0 aliphatic heterocycles. The number of carbonyl (C=O) groups is 4. The summed E-state index contributed by atoms with van der Waals surface area (Å²) in [5, 5.41) is 40.6. The van der Waals surface area contributed by atoms with Gasteiger partial charge in [0.1, 0.15) is 18.8 Å². The number of rotatable bonds is 14. The number of aromatic carboxylic acids is 2. The third-order valence-electron chi connectivity index (χ3n) is 8.49. The average molecular weight is 1010 g/mol. The predicted octanol–water partition coefficient (Wildman–Crippen LogP) is 12.2. The molecule has 0 saturated carbocycles. The summed E-state index contributed by atoms with van der Waals surface area (Å²) in [6.45, 7) is -0.124. The highest BCUT2D eigenvalue weighted by molar-refractivity contribution is 8.26. The van der Waals surface area contributed by atoms with E-state index in [1.165, 1.54) is 54.6 Å². The molecule has 22 heteroatoms. The second kappa shape index (κ2) is 23.5. The van der Waals surface area contributed by atoms with Gasteiger partial charge in [0.15, 0.2) is 0 Å². The van der Waals surface area contributed by atoms with Crippen molar-refractivity contribution in [1.82, 2.24) is 0 Å². The number of benzene rings is 6. The Morgan fingerprint density at radius 1 is 0.562 bits per heavy atom. The molecule has 330 valence electrons. The fourth-order valence-electron chi connectivity index (χ4n) is 5.74. The number of hydrogen-bond donors (Lipinski definition) is 2. The van der Waals surface area contributed by atoms with Gasteiger partial charge in [-0.15, -0.1) is 0 Å². The Morgan fingerprint density at radius 2 is 0.922 bits per heavy atom. The Balaban J connectivity index is 0.000000259. The van der Waals surface area contributed by atoms with Gasteiger partial charge in [-0.1, -0.05) is 108 Å². The molecule has 6 rings (SSSR count). The lowest BCUT2D eigenvalue weighted by Crippen LogP contribution is -2.08. The number of hydrogen-bond acceptors (Lipinski definition) is 11. The number of ether oxygens (including phenoxy) is 2. The Morgan fingerprint density at radius 3 is 1.25 bits per heavy atom. The van der Waals surface area contributed by atoms with Crippen LogP contribution in [0.3, 0.4) is 0 Å². The molecule has 15 nitrogen and oxygen atoms in total. The molecular weight excluding hydrogens is 985 g/mol. The molecule has 0 spiro atoms. The highest BCUT2D eigenvalue weighted by atomic mass is 36.0. The van der Waals surface area contributed by atoms with Gasteiger partial charge in [0.05, 0.1) is 42.1 Å². The fourth-order valence-corrected chi connectivity index (χ4v) is 6.62. The summed E-state index contributed by atoms with van der Waals surface area (Å²) in [7, 11) is 7.36. The van der Waals surface area contributed by atoms with Crippen molar-refractivity contribution in [3.05, 3.63) is 185 Å². The van der Waals surface area contributed by atoms with E-state index in [0.717, 1.165) is 11.6 Å². The summed E-state index contributed by atoms with van der Waals surface area (Å²) in [4.78, 5) is 68.4. The Kier molecular flexibility index (Phi) is 18.6.